The van der Waals surface area contributed by atoms with Gasteiger partial charge < -0.3 is 10.2 Å². The highest BCUT2D eigenvalue weighted by molar-refractivity contribution is 7.89. The second kappa shape index (κ2) is 8.89. The van der Waals surface area contributed by atoms with Gasteiger partial charge >= 0.3 is 6.03 Å². The molecule has 1 aliphatic heterocycles. The molecule has 2 aromatic rings. The lowest BCUT2D eigenvalue weighted by atomic mass is 10.1. The van der Waals surface area contributed by atoms with Crippen molar-refractivity contribution in [2.45, 2.75) is 11.3 Å². The third-order valence-corrected chi connectivity index (χ3v) is 6.75. The molecule has 1 aliphatic rings. The first-order chi connectivity index (χ1) is 13.4. The Bertz CT molecular complexity index is 912. The quantitative estimate of drug-likeness (QED) is 0.800. The maximum atomic E-state index is 13.0. The first kappa shape index (κ1) is 20.6. The summed E-state index contributed by atoms with van der Waals surface area (Å²) in [6.45, 7) is 1.48. The molecule has 0 aliphatic carbocycles. The van der Waals surface area contributed by atoms with Crippen LogP contribution < -0.4 is 5.32 Å². The number of piperazine rings is 1. The number of benzene rings is 2. The number of hydrogen-bond acceptors (Lipinski definition) is 3. The molecule has 1 heterocycles. The SMILES string of the molecule is O=C(NCCc1ccc(Cl)cc1)N1CCN(S(=O)(=O)c2ccc(F)cc2)CC1. The zero-order valence-electron chi connectivity index (χ0n) is 15.1. The van der Waals surface area contributed by atoms with Crippen LogP contribution in [0.3, 0.4) is 0 Å². The highest BCUT2D eigenvalue weighted by Gasteiger charge is 2.30. The lowest BCUT2D eigenvalue weighted by Crippen LogP contribution is -2.53. The van der Waals surface area contributed by atoms with Gasteiger partial charge in [-0.2, -0.15) is 4.31 Å². The van der Waals surface area contributed by atoms with Crippen LogP contribution in [0.1, 0.15) is 5.56 Å². The number of nitrogens with one attached hydrogen (secondary N) is 1. The fourth-order valence-electron chi connectivity index (χ4n) is 2.96. The molecule has 0 bridgehead atoms. The zero-order valence-corrected chi connectivity index (χ0v) is 16.7. The summed E-state index contributed by atoms with van der Waals surface area (Å²) in [5, 5.41) is 3.52. The van der Waals surface area contributed by atoms with E-state index in [4.69, 9.17) is 11.6 Å². The van der Waals surface area contributed by atoms with Gasteiger partial charge in [-0.05, 0) is 48.4 Å². The van der Waals surface area contributed by atoms with Gasteiger partial charge in [0.05, 0.1) is 4.90 Å². The molecule has 28 heavy (non-hydrogen) atoms. The van der Waals surface area contributed by atoms with Crippen LogP contribution in [0.5, 0.6) is 0 Å². The summed E-state index contributed by atoms with van der Waals surface area (Å²) in [5.74, 6) is -0.487. The molecule has 0 aromatic heterocycles. The summed E-state index contributed by atoms with van der Waals surface area (Å²) < 4.78 is 39.5. The van der Waals surface area contributed by atoms with E-state index in [9.17, 15) is 17.6 Å². The van der Waals surface area contributed by atoms with E-state index in [0.717, 1.165) is 17.7 Å². The van der Waals surface area contributed by atoms with E-state index in [2.05, 4.69) is 5.32 Å². The van der Waals surface area contributed by atoms with Crippen LogP contribution in [0, 0.1) is 5.82 Å². The Morgan fingerprint density at radius 2 is 1.61 bits per heavy atom. The molecule has 0 unspecified atom stereocenters. The summed E-state index contributed by atoms with van der Waals surface area (Å²) in [6.07, 6.45) is 0.682. The maximum absolute atomic E-state index is 13.0. The number of halogens is 2. The summed E-state index contributed by atoms with van der Waals surface area (Å²) in [7, 11) is -3.69. The molecule has 9 heteroatoms. The number of hydrogen-bond donors (Lipinski definition) is 1. The number of amides is 2. The van der Waals surface area contributed by atoms with E-state index >= 15 is 0 Å². The molecular formula is C19H21ClFN3O3S. The number of sulfonamides is 1. The highest BCUT2D eigenvalue weighted by Crippen LogP contribution is 2.18. The van der Waals surface area contributed by atoms with Gasteiger partial charge in [0, 0.05) is 37.7 Å². The molecule has 0 saturated carbocycles. The third kappa shape index (κ3) is 5.01. The molecule has 1 fully saturated rings. The van der Waals surface area contributed by atoms with E-state index in [-0.39, 0.29) is 24.0 Å². The Labute approximate surface area is 168 Å². The molecule has 0 spiro atoms. The van der Waals surface area contributed by atoms with Crippen molar-refractivity contribution in [2.24, 2.45) is 0 Å². The number of urea groups is 1. The standard InChI is InChI=1S/C19H21ClFN3O3S/c20-16-3-1-15(2-4-16)9-10-22-19(25)23-11-13-24(14-12-23)28(26,27)18-7-5-17(21)6-8-18/h1-8H,9-14H2,(H,22,25). The van der Waals surface area contributed by atoms with Gasteiger partial charge in [0.2, 0.25) is 10.0 Å². The van der Waals surface area contributed by atoms with Crippen molar-refractivity contribution in [2.75, 3.05) is 32.7 Å². The van der Waals surface area contributed by atoms with Gasteiger partial charge in [0.15, 0.2) is 0 Å². The van der Waals surface area contributed by atoms with Gasteiger partial charge in [-0.25, -0.2) is 17.6 Å². The number of rotatable bonds is 5. The van der Waals surface area contributed by atoms with Crippen molar-refractivity contribution >= 4 is 27.7 Å². The fraction of sp³-hybridized carbons (Fsp3) is 0.316. The van der Waals surface area contributed by atoms with E-state index in [1.807, 2.05) is 12.1 Å². The van der Waals surface area contributed by atoms with Gasteiger partial charge in [-0.15, -0.1) is 0 Å². The summed E-state index contributed by atoms with van der Waals surface area (Å²) in [4.78, 5) is 13.9. The summed E-state index contributed by atoms with van der Waals surface area (Å²) in [5.41, 5.74) is 1.07. The number of carbonyl (C=O) groups is 1. The van der Waals surface area contributed by atoms with Gasteiger partial charge in [0.25, 0.3) is 0 Å². The Morgan fingerprint density at radius 1 is 1.00 bits per heavy atom. The average molecular weight is 426 g/mol. The van der Waals surface area contributed by atoms with Crippen molar-refractivity contribution in [3.63, 3.8) is 0 Å². The van der Waals surface area contributed by atoms with Gasteiger partial charge in [-0.1, -0.05) is 23.7 Å². The van der Waals surface area contributed by atoms with Gasteiger partial charge in [0.1, 0.15) is 5.82 Å². The Kier molecular flexibility index (Phi) is 6.53. The lowest BCUT2D eigenvalue weighted by Gasteiger charge is -2.34. The minimum absolute atomic E-state index is 0.0507. The molecule has 1 N–H and O–H groups in total. The van der Waals surface area contributed by atoms with E-state index < -0.39 is 15.8 Å². The Morgan fingerprint density at radius 3 is 2.21 bits per heavy atom. The normalized spacial score (nSPS) is 15.4. The van der Waals surface area contributed by atoms with Crippen molar-refractivity contribution < 1.29 is 17.6 Å². The lowest BCUT2D eigenvalue weighted by molar-refractivity contribution is 0.172. The first-order valence-electron chi connectivity index (χ1n) is 8.89. The molecule has 1 saturated heterocycles. The topological polar surface area (TPSA) is 69.7 Å². The zero-order chi connectivity index (χ0) is 20.1. The molecule has 150 valence electrons. The smallest absolute Gasteiger partial charge is 0.317 e. The van der Waals surface area contributed by atoms with E-state index in [0.29, 0.717) is 31.1 Å². The molecule has 0 atom stereocenters. The minimum atomic E-state index is -3.69. The van der Waals surface area contributed by atoms with Crippen LogP contribution in [-0.4, -0.2) is 56.4 Å². The molecule has 2 amide bonds. The molecule has 3 rings (SSSR count). The van der Waals surface area contributed by atoms with Crippen LogP contribution in [0.4, 0.5) is 9.18 Å². The number of carbonyl (C=O) groups excluding carboxylic acids is 1. The fourth-order valence-corrected chi connectivity index (χ4v) is 4.51. The molecule has 2 aromatic carbocycles. The number of nitrogens with zero attached hydrogens (tertiary/aromatic N) is 2. The van der Waals surface area contributed by atoms with Crippen molar-refractivity contribution in [3.05, 3.63) is 64.9 Å². The van der Waals surface area contributed by atoms with Crippen LogP contribution in [0.15, 0.2) is 53.4 Å². The second-order valence-corrected chi connectivity index (χ2v) is 8.83. The monoisotopic (exact) mass is 425 g/mol. The van der Waals surface area contributed by atoms with Crippen LogP contribution in [-0.2, 0) is 16.4 Å². The van der Waals surface area contributed by atoms with Crippen LogP contribution in [0.2, 0.25) is 5.02 Å². The second-order valence-electron chi connectivity index (χ2n) is 6.45. The van der Waals surface area contributed by atoms with Crippen molar-refractivity contribution in [1.82, 2.24) is 14.5 Å². The Balaban J connectivity index is 1.48. The summed E-state index contributed by atoms with van der Waals surface area (Å²) >= 11 is 5.85. The third-order valence-electron chi connectivity index (χ3n) is 4.58. The highest BCUT2D eigenvalue weighted by atomic mass is 35.5. The Hall–Kier alpha value is -2.16. The average Bonchev–Trinajstić information content (AvgIpc) is 2.70. The minimum Gasteiger partial charge on any atom is -0.338 e. The van der Waals surface area contributed by atoms with Crippen molar-refractivity contribution in [1.29, 1.82) is 0 Å². The predicted octanol–water partition coefficient (Wildman–Crippen LogP) is 2.74. The molecule has 6 nitrogen and oxygen atoms in total. The molecular weight excluding hydrogens is 405 g/mol. The first-order valence-corrected chi connectivity index (χ1v) is 10.7. The van der Waals surface area contributed by atoms with Crippen LogP contribution in [0.25, 0.3) is 0 Å². The van der Waals surface area contributed by atoms with Gasteiger partial charge in [-0.3, -0.25) is 0 Å². The maximum Gasteiger partial charge on any atom is 0.317 e. The van der Waals surface area contributed by atoms with E-state index in [1.165, 1.54) is 16.4 Å². The largest absolute Gasteiger partial charge is 0.338 e. The van der Waals surface area contributed by atoms with Crippen molar-refractivity contribution in [3.8, 4) is 0 Å². The van der Waals surface area contributed by atoms with Crippen LogP contribution >= 0.6 is 11.6 Å². The predicted molar refractivity (Wildman–Crippen MR) is 105 cm³/mol. The molecule has 0 radical (unpaired) electrons. The summed E-state index contributed by atoms with van der Waals surface area (Å²) in [6, 6.07) is 12.0. The van der Waals surface area contributed by atoms with E-state index in [1.54, 1.807) is 17.0 Å².